The van der Waals surface area contributed by atoms with Crippen LogP contribution in [0, 0.1) is 0 Å². The molecule has 2 rings (SSSR count). The maximum Gasteiger partial charge on any atom is 0.0963 e. The molecule has 1 aromatic rings. The van der Waals surface area contributed by atoms with E-state index >= 15 is 0 Å². The van der Waals surface area contributed by atoms with Crippen molar-refractivity contribution in [2.75, 3.05) is 6.61 Å². The second-order valence-corrected chi connectivity index (χ2v) is 5.42. The second-order valence-electron chi connectivity index (χ2n) is 3.01. The quantitative estimate of drug-likeness (QED) is 0.890. The lowest BCUT2D eigenvalue weighted by Crippen LogP contribution is -1.89. The number of hydrogen-bond donors (Lipinski definition) is 1. The number of rotatable bonds is 3. The Kier molecular flexibility index (Phi) is 2.48. The van der Waals surface area contributed by atoms with E-state index in [4.69, 9.17) is 5.11 Å². The smallest absolute Gasteiger partial charge is 0.0963 e. The Morgan fingerprint density at radius 2 is 2.33 bits per heavy atom. The summed E-state index contributed by atoms with van der Waals surface area (Å²) in [6.07, 6.45) is 3.25. The van der Waals surface area contributed by atoms with Gasteiger partial charge in [0.1, 0.15) is 0 Å². The topological polar surface area (TPSA) is 33.1 Å². The van der Waals surface area contributed by atoms with E-state index in [0.717, 1.165) is 8.79 Å². The molecule has 1 aliphatic rings. The zero-order chi connectivity index (χ0) is 8.55. The van der Waals surface area contributed by atoms with Crippen molar-refractivity contribution in [1.82, 2.24) is 4.98 Å². The number of halogens is 1. The van der Waals surface area contributed by atoms with Gasteiger partial charge in [-0.05, 0) is 28.8 Å². The molecular formula is C8H10BrNOS. The van der Waals surface area contributed by atoms with Crippen molar-refractivity contribution in [3.05, 3.63) is 14.5 Å². The molecule has 1 N–H and O–H groups in total. The Morgan fingerprint density at radius 3 is 2.92 bits per heavy atom. The first-order valence-electron chi connectivity index (χ1n) is 4.07. The van der Waals surface area contributed by atoms with Crippen molar-refractivity contribution >= 4 is 27.3 Å². The summed E-state index contributed by atoms with van der Waals surface area (Å²) in [6.45, 7) is 0.198. The fourth-order valence-electron chi connectivity index (χ4n) is 1.17. The molecular weight excluding hydrogens is 238 g/mol. The van der Waals surface area contributed by atoms with E-state index in [9.17, 15) is 0 Å². The zero-order valence-electron chi connectivity index (χ0n) is 6.59. The molecule has 66 valence electrons. The van der Waals surface area contributed by atoms with Gasteiger partial charge in [-0.1, -0.05) is 0 Å². The number of aromatic nitrogens is 1. The van der Waals surface area contributed by atoms with Gasteiger partial charge in [-0.15, -0.1) is 11.3 Å². The maximum atomic E-state index is 8.73. The number of aliphatic hydroxyl groups is 1. The molecule has 1 fully saturated rings. The standard InChI is InChI=1S/C8H10BrNOS/c9-8-7(5-1-2-5)10-6(12-8)3-4-11/h5,11H,1-4H2. The van der Waals surface area contributed by atoms with E-state index in [2.05, 4.69) is 20.9 Å². The lowest BCUT2D eigenvalue weighted by molar-refractivity contribution is 0.299. The fourth-order valence-corrected chi connectivity index (χ4v) is 3.00. The van der Waals surface area contributed by atoms with Crippen LogP contribution < -0.4 is 0 Å². The highest BCUT2D eigenvalue weighted by atomic mass is 79.9. The van der Waals surface area contributed by atoms with Crippen LogP contribution >= 0.6 is 27.3 Å². The van der Waals surface area contributed by atoms with Crippen molar-refractivity contribution in [3.63, 3.8) is 0 Å². The van der Waals surface area contributed by atoms with E-state index in [1.807, 2.05) is 0 Å². The molecule has 4 heteroatoms. The molecule has 0 aliphatic heterocycles. The van der Waals surface area contributed by atoms with Crippen LogP contribution in [0.4, 0.5) is 0 Å². The summed E-state index contributed by atoms with van der Waals surface area (Å²) < 4.78 is 1.16. The zero-order valence-corrected chi connectivity index (χ0v) is 8.99. The third-order valence-electron chi connectivity index (χ3n) is 1.94. The summed E-state index contributed by atoms with van der Waals surface area (Å²) in [7, 11) is 0. The minimum Gasteiger partial charge on any atom is -0.396 e. The van der Waals surface area contributed by atoms with Gasteiger partial charge in [0.25, 0.3) is 0 Å². The summed E-state index contributed by atoms with van der Waals surface area (Å²) in [5, 5.41) is 9.77. The Balaban J connectivity index is 2.18. The number of thiazole rings is 1. The molecule has 1 aromatic heterocycles. The van der Waals surface area contributed by atoms with E-state index in [1.54, 1.807) is 11.3 Å². The summed E-state index contributed by atoms with van der Waals surface area (Å²) in [4.78, 5) is 4.47. The van der Waals surface area contributed by atoms with Crippen LogP contribution in [0.25, 0.3) is 0 Å². The molecule has 0 radical (unpaired) electrons. The van der Waals surface area contributed by atoms with E-state index in [-0.39, 0.29) is 6.61 Å². The third-order valence-corrected chi connectivity index (χ3v) is 3.75. The Morgan fingerprint density at radius 1 is 1.58 bits per heavy atom. The van der Waals surface area contributed by atoms with Gasteiger partial charge in [0.05, 0.1) is 14.5 Å². The van der Waals surface area contributed by atoms with Gasteiger partial charge in [-0.2, -0.15) is 0 Å². The van der Waals surface area contributed by atoms with Gasteiger partial charge in [0.2, 0.25) is 0 Å². The average Bonchev–Trinajstić information content (AvgIpc) is 2.79. The second kappa shape index (κ2) is 3.44. The minimum absolute atomic E-state index is 0.198. The van der Waals surface area contributed by atoms with Crippen LogP contribution in [-0.4, -0.2) is 16.7 Å². The lowest BCUT2D eigenvalue weighted by Gasteiger charge is -1.89. The number of nitrogens with zero attached hydrogens (tertiary/aromatic N) is 1. The molecule has 1 heterocycles. The van der Waals surface area contributed by atoms with Crippen LogP contribution in [0.5, 0.6) is 0 Å². The van der Waals surface area contributed by atoms with Crippen LogP contribution in [-0.2, 0) is 6.42 Å². The van der Waals surface area contributed by atoms with Gasteiger partial charge in [0.15, 0.2) is 0 Å². The minimum atomic E-state index is 0.198. The van der Waals surface area contributed by atoms with Crippen LogP contribution in [0.2, 0.25) is 0 Å². The molecule has 0 amide bonds. The first kappa shape index (κ1) is 8.66. The highest BCUT2D eigenvalue weighted by Crippen LogP contribution is 2.44. The van der Waals surface area contributed by atoms with Crippen LogP contribution in [0.3, 0.4) is 0 Å². The average molecular weight is 248 g/mol. The molecule has 0 saturated heterocycles. The SMILES string of the molecule is OCCc1nc(C2CC2)c(Br)s1. The molecule has 1 saturated carbocycles. The van der Waals surface area contributed by atoms with Crippen molar-refractivity contribution < 1.29 is 5.11 Å². The molecule has 0 atom stereocenters. The summed E-state index contributed by atoms with van der Waals surface area (Å²) in [5.74, 6) is 0.697. The largest absolute Gasteiger partial charge is 0.396 e. The third kappa shape index (κ3) is 1.70. The summed E-state index contributed by atoms with van der Waals surface area (Å²) >= 11 is 5.15. The molecule has 12 heavy (non-hydrogen) atoms. The first-order chi connectivity index (χ1) is 5.81. The van der Waals surface area contributed by atoms with Crippen LogP contribution in [0.1, 0.15) is 29.5 Å². The van der Waals surface area contributed by atoms with Gasteiger partial charge in [-0.3, -0.25) is 0 Å². The predicted molar refractivity (Wildman–Crippen MR) is 52.6 cm³/mol. The highest BCUT2D eigenvalue weighted by Gasteiger charge is 2.28. The summed E-state index contributed by atoms with van der Waals surface area (Å²) in [5.41, 5.74) is 1.21. The predicted octanol–water partition coefficient (Wildman–Crippen LogP) is 2.32. The molecule has 0 unspecified atom stereocenters. The molecule has 0 bridgehead atoms. The molecule has 1 aliphatic carbocycles. The Bertz CT molecular complexity index is 283. The number of aliphatic hydroxyl groups excluding tert-OH is 1. The summed E-state index contributed by atoms with van der Waals surface area (Å²) in [6, 6.07) is 0. The van der Waals surface area contributed by atoms with Gasteiger partial charge in [0, 0.05) is 18.9 Å². The van der Waals surface area contributed by atoms with Crippen molar-refractivity contribution in [2.45, 2.75) is 25.2 Å². The monoisotopic (exact) mass is 247 g/mol. The van der Waals surface area contributed by atoms with Gasteiger partial charge >= 0.3 is 0 Å². The Labute approximate surface area is 83.8 Å². The van der Waals surface area contributed by atoms with Crippen molar-refractivity contribution in [3.8, 4) is 0 Å². The molecule has 2 nitrogen and oxygen atoms in total. The lowest BCUT2D eigenvalue weighted by atomic mass is 10.3. The first-order valence-corrected chi connectivity index (χ1v) is 5.68. The van der Waals surface area contributed by atoms with Gasteiger partial charge < -0.3 is 5.11 Å². The van der Waals surface area contributed by atoms with E-state index < -0.39 is 0 Å². The van der Waals surface area contributed by atoms with Crippen LogP contribution in [0.15, 0.2) is 3.79 Å². The van der Waals surface area contributed by atoms with Crippen molar-refractivity contribution in [1.29, 1.82) is 0 Å². The Hall–Kier alpha value is 0.0700. The maximum absolute atomic E-state index is 8.73. The molecule has 0 aromatic carbocycles. The fraction of sp³-hybridized carbons (Fsp3) is 0.625. The molecule has 0 spiro atoms. The van der Waals surface area contributed by atoms with Gasteiger partial charge in [-0.25, -0.2) is 4.98 Å². The number of hydrogen-bond acceptors (Lipinski definition) is 3. The van der Waals surface area contributed by atoms with E-state index in [0.29, 0.717) is 12.3 Å². The highest BCUT2D eigenvalue weighted by molar-refractivity contribution is 9.11. The normalized spacial score (nSPS) is 16.8. The van der Waals surface area contributed by atoms with Crippen molar-refractivity contribution in [2.24, 2.45) is 0 Å². The van der Waals surface area contributed by atoms with E-state index in [1.165, 1.54) is 18.5 Å².